The summed E-state index contributed by atoms with van der Waals surface area (Å²) < 4.78 is 19.3. The van der Waals surface area contributed by atoms with Gasteiger partial charge >= 0.3 is 0 Å². The summed E-state index contributed by atoms with van der Waals surface area (Å²) in [7, 11) is 0. The highest BCUT2D eigenvalue weighted by Crippen LogP contribution is 2.43. The zero-order chi connectivity index (χ0) is 16.7. The zero-order valence-corrected chi connectivity index (χ0v) is 14.3. The van der Waals surface area contributed by atoms with Crippen molar-refractivity contribution in [3.05, 3.63) is 35.6 Å². The summed E-state index contributed by atoms with van der Waals surface area (Å²) in [5.41, 5.74) is 0.686. The van der Waals surface area contributed by atoms with Crippen LogP contribution in [0.5, 0.6) is 0 Å². The van der Waals surface area contributed by atoms with Gasteiger partial charge in [0, 0.05) is 19.0 Å². The van der Waals surface area contributed by atoms with Crippen LogP contribution in [-0.2, 0) is 16.0 Å². The molecule has 2 aliphatic rings. The van der Waals surface area contributed by atoms with Crippen LogP contribution in [0.2, 0.25) is 0 Å². The molecule has 2 aliphatic heterocycles. The van der Waals surface area contributed by atoms with E-state index in [4.69, 9.17) is 4.74 Å². The highest BCUT2D eigenvalue weighted by molar-refractivity contribution is 5.78. The first kappa shape index (κ1) is 16.4. The number of ether oxygens (including phenoxy) is 1. The Balaban J connectivity index is 1.63. The smallest absolute Gasteiger partial charge is 0.227 e. The van der Waals surface area contributed by atoms with Crippen LogP contribution < -0.4 is 0 Å². The minimum atomic E-state index is -0.267. The minimum absolute atomic E-state index is 0.0639. The van der Waals surface area contributed by atoms with Crippen molar-refractivity contribution in [1.29, 1.82) is 0 Å². The van der Waals surface area contributed by atoms with Gasteiger partial charge in [0.25, 0.3) is 0 Å². The number of hydrogen-bond acceptors (Lipinski definition) is 2. The van der Waals surface area contributed by atoms with E-state index in [-0.39, 0.29) is 22.9 Å². The first-order valence-corrected chi connectivity index (χ1v) is 8.50. The molecule has 4 heteroatoms. The number of benzene rings is 1. The Morgan fingerprint density at radius 1 is 1.26 bits per heavy atom. The van der Waals surface area contributed by atoms with E-state index in [9.17, 15) is 9.18 Å². The van der Waals surface area contributed by atoms with Crippen LogP contribution in [0.1, 0.15) is 45.6 Å². The van der Waals surface area contributed by atoms with Crippen molar-refractivity contribution in [2.45, 2.75) is 57.7 Å². The lowest BCUT2D eigenvalue weighted by molar-refractivity contribution is -0.214. The number of piperidine rings is 1. The molecule has 2 heterocycles. The van der Waals surface area contributed by atoms with Gasteiger partial charge in [0.2, 0.25) is 5.91 Å². The molecule has 23 heavy (non-hydrogen) atoms. The molecule has 0 unspecified atom stereocenters. The van der Waals surface area contributed by atoms with Gasteiger partial charge in [-0.2, -0.15) is 0 Å². The van der Waals surface area contributed by atoms with Crippen molar-refractivity contribution in [3.8, 4) is 0 Å². The fourth-order valence-electron chi connectivity index (χ4n) is 3.96. The lowest BCUT2D eigenvalue weighted by Crippen LogP contribution is -2.58. The van der Waals surface area contributed by atoms with Crippen molar-refractivity contribution in [3.63, 3.8) is 0 Å². The summed E-state index contributed by atoms with van der Waals surface area (Å²) in [5.74, 6) is 0.266. The van der Waals surface area contributed by atoms with Gasteiger partial charge in [0.1, 0.15) is 5.82 Å². The van der Waals surface area contributed by atoms with Gasteiger partial charge in [-0.15, -0.1) is 0 Å². The maximum absolute atomic E-state index is 13.0. The molecular formula is C19H26FNO2. The molecule has 1 aromatic rings. The number of fused-ring (bicyclic) bond motifs is 1. The molecule has 1 amide bonds. The first-order valence-electron chi connectivity index (χ1n) is 8.50. The summed E-state index contributed by atoms with van der Waals surface area (Å²) in [6, 6.07) is 6.20. The van der Waals surface area contributed by atoms with Gasteiger partial charge in [-0.25, -0.2) is 4.39 Å². The van der Waals surface area contributed by atoms with E-state index in [2.05, 4.69) is 20.8 Å². The Hall–Kier alpha value is -1.42. The fourth-order valence-corrected chi connectivity index (χ4v) is 3.96. The SMILES string of the molecule is CC1(C)CC[C@H]2CN(C(=O)Cc3ccc(F)cc3)CC[C@@]2(C)O1. The normalized spacial score (nSPS) is 29.9. The molecule has 2 atom stereocenters. The predicted octanol–water partition coefficient (Wildman–Crippen LogP) is 3.56. The number of carbonyl (C=O) groups excluding carboxylic acids is 1. The number of carbonyl (C=O) groups is 1. The van der Waals surface area contributed by atoms with E-state index in [0.29, 0.717) is 12.3 Å². The van der Waals surface area contributed by atoms with Gasteiger partial charge in [-0.1, -0.05) is 12.1 Å². The second kappa shape index (κ2) is 5.90. The van der Waals surface area contributed by atoms with Crippen molar-refractivity contribution in [2.75, 3.05) is 13.1 Å². The molecule has 3 rings (SSSR count). The number of amides is 1. The molecule has 1 aromatic carbocycles. The highest BCUT2D eigenvalue weighted by Gasteiger charge is 2.47. The van der Waals surface area contributed by atoms with Crippen molar-refractivity contribution in [2.24, 2.45) is 5.92 Å². The van der Waals surface area contributed by atoms with Gasteiger partial charge in [0.05, 0.1) is 17.6 Å². The van der Waals surface area contributed by atoms with Crippen molar-refractivity contribution >= 4 is 5.91 Å². The summed E-state index contributed by atoms with van der Waals surface area (Å²) in [5, 5.41) is 0. The van der Waals surface area contributed by atoms with E-state index in [1.807, 2.05) is 4.90 Å². The lowest BCUT2D eigenvalue weighted by atomic mass is 9.74. The second-order valence-corrected chi connectivity index (χ2v) is 7.80. The molecule has 0 N–H and O–H groups in total. The minimum Gasteiger partial charge on any atom is -0.369 e. The summed E-state index contributed by atoms with van der Waals surface area (Å²) >= 11 is 0. The second-order valence-electron chi connectivity index (χ2n) is 7.80. The molecular weight excluding hydrogens is 293 g/mol. The fraction of sp³-hybridized carbons (Fsp3) is 0.632. The Labute approximate surface area is 137 Å². The van der Waals surface area contributed by atoms with Crippen LogP contribution >= 0.6 is 0 Å². The van der Waals surface area contributed by atoms with Gasteiger partial charge in [-0.3, -0.25) is 4.79 Å². The predicted molar refractivity (Wildman–Crippen MR) is 87.6 cm³/mol. The molecule has 0 radical (unpaired) electrons. The van der Waals surface area contributed by atoms with Gasteiger partial charge in [-0.05, 0) is 57.7 Å². The Morgan fingerprint density at radius 2 is 1.96 bits per heavy atom. The highest BCUT2D eigenvalue weighted by atomic mass is 19.1. The zero-order valence-electron chi connectivity index (χ0n) is 14.3. The molecule has 0 saturated carbocycles. The standard InChI is InChI=1S/C19H26FNO2/c1-18(2)9-8-15-13-21(11-10-19(15,3)23-18)17(22)12-14-4-6-16(20)7-5-14/h4-7,15H,8-13H2,1-3H3/t15-,19+/m0/s1. The van der Waals surface area contributed by atoms with Crippen LogP contribution in [0.4, 0.5) is 4.39 Å². The molecule has 0 spiro atoms. The van der Waals surface area contributed by atoms with Crippen molar-refractivity contribution in [1.82, 2.24) is 4.90 Å². The number of nitrogens with zero attached hydrogens (tertiary/aromatic N) is 1. The lowest BCUT2D eigenvalue weighted by Gasteiger charge is -2.53. The van der Waals surface area contributed by atoms with Crippen LogP contribution in [0, 0.1) is 11.7 Å². The Kier molecular flexibility index (Phi) is 4.21. The molecule has 126 valence electrons. The van der Waals surface area contributed by atoms with E-state index in [0.717, 1.165) is 37.9 Å². The van der Waals surface area contributed by atoms with Crippen LogP contribution in [0.15, 0.2) is 24.3 Å². The summed E-state index contributed by atoms with van der Waals surface area (Å²) in [4.78, 5) is 14.5. The third-order valence-corrected chi connectivity index (χ3v) is 5.41. The monoisotopic (exact) mass is 319 g/mol. The quantitative estimate of drug-likeness (QED) is 0.834. The first-order chi connectivity index (χ1) is 10.8. The molecule has 2 saturated heterocycles. The van der Waals surface area contributed by atoms with Crippen LogP contribution in [0.3, 0.4) is 0 Å². The van der Waals surface area contributed by atoms with Crippen LogP contribution in [0.25, 0.3) is 0 Å². The largest absolute Gasteiger partial charge is 0.369 e. The average Bonchev–Trinajstić information content (AvgIpc) is 2.47. The third-order valence-electron chi connectivity index (χ3n) is 5.41. The Morgan fingerprint density at radius 3 is 2.65 bits per heavy atom. The van der Waals surface area contributed by atoms with E-state index in [1.54, 1.807) is 12.1 Å². The van der Waals surface area contributed by atoms with E-state index in [1.165, 1.54) is 12.1 Å². The number of halogens is 1. The number of likely N-dealkylation sites (tertiary alicyclic amines) is 1. The topological polar surface area (TPSA) is 29.5 Å². The maximum atomic E-state index is 13.0. The summed E-state index contributed by atoms with van der Waals surface area (Å²) in [6.45, 7) is 8.01. The van der Waals surface area contributed by atoms with Crippen LogP contribution in [-0.4, -0.2) is 35.1 Å². The van der Waals surface area contributed by atoms with E-state index >= 15 is 0 Å². The van der Waals surface area contributed by atoms with E-state index < -0.39 is 0 Å². The third kappa shape index (κ3) is 3.57. The molecule has 2 fully saturated rings. The van der Waals surface area contributed by atoms with Crippen molar-refractivity contribution < 1.29 is 13.9 Å². The molecule has 0 bridgehead atoms. The Bertz CT molecular complexity index is 584. The molecule has 0 aromatic heterocycles. The summed E-state index contributed by atoms with van der Waals surface area (Å²) in [6.07, 6.45) is 3.36. The molecule has 3 nitrogen and oxygen atoms in total. The maximum Gasteiger partial charge on any atom is 0.227 e. The number of rotatable bonds is 2. The molecule has 0 aliphatic carbocycles. The number of hydrogen-bond donors (Lipinski definition) is 0. The average molecular weight is 319 g/mol. The van der Waals surface area contributed by atoms with Gasteiger partial charge < -0.3 is 9.64 Å². The van der Waals surface area contributed by atoms with Gasteiger partial charge in [0.15, 0.2) is 0 Å².